The van der Waals surface area contributed by atoms with Crippen LogP contribution >= 0.6 is 24.0 Å². The maximum absolute atomic E-state index is 12.4. The molecule has 1 aliphatic heterocycles. The summed E-state index contributed by atoms with van der Waals surface area (Å²) in [4.78, 5) is 11.3. The van der Waals surface area contributed by atoms with E-state index >= 15 is 0 Å². The van der Waals surface area contributed by atoms with E-state index in [0.29, 0.717) is 0 Å². The third-order valence-corrected chi connectivity index (χ3v) is 1.93. The molecule has 0 aromatic carbocycles. The van der Waals surface area contributed by atoms with Crippen molar-refractivity contribution in [1.29, 1.82) is 0 Å². The average Bonchev–Trinajstić information content (AvgIpc) is 2.48. The monoisotopic (exact) mass is 364 g/mol. The summed E-state index contributed by atoms with van der Waals surface area (Å²) in [5, 5.41) is 0. The predicted molar refractivity (Wildman–Crippen MR) is 64.3 cm³/mol. The molecule has 0 atom stereocenters. The van der Waals surface area contributed by atoms with Gasteiger partial charge in [0.1, 0.15) is 0 Å². The Kier molecular flexibility index (Phi) is 4.87. The molecule has 0 saturated heterocycles. The number of halogens is 4. The van der Waals surface area contributed by atoms with Crippen LogP contribution in [0.2, 0.25) is 0 Å². The number of ether oxygens (including phenoxy) is 1. The van der Waals surface area contributed by atoms with E-state index < -0.39 is 17.9 Å². The van der Waals surface area contributed by atoms with Gasteiger partial charge in [0.2, 0.25) is 0 Å². The molecule has 0 aromatic rings. The summed E-state index contributed by atoms with van der Waals surface area (Å²) in [6, 6.07) is 0. The van der Waals surface area contributed by atoms with Gasteiger partial charge in [-0.25, -0.2) is 4.58 Å². The van der Waals surface area contributed by atoms with Crippen LogP contribution in [-0.4, -0.2) is 40.1 Å². The normalized spacial score (nSPS) is 15.4. The van der Waals surface area contributed by atoms with E-state index in [1.165, 1.54) is 24.0 Å². The number of hydrogen-bond donors (Lipinski definition) is 0. The highest BCUT2D eigenvalue weighted by Gasteiger charge is 2.51. The topological polar surface area (TPSA) is 32.3 Å². The molecular formula is C9H12F3IN2O2. The van der Waals surface area contributed by atoms with Crippen molar-refractivity contribution < 1.29 is 31.9 Å². The number of rotatable bonds is 1. The molecule has 8 heteroatoms. The second-order valence-electron chi connectivity index (χ2n) is 3.71. The van der Waals surface area contributed by atoms with Crippen molar-refractivity contribution in [3.05, 3.63) is 13.1 Å². The van der Waals surface area contributed by atoms with Gasteiger partial charge in [-0.05, 0) is 13.8 Å². The largest absolute Gasteiger partial charge is 0.490 e. The smallest absolute Gasteiger partial charge is 0.455 e. The highest BCUT2D eigenvalue weighted by atomic mass is 127. The first-order valence-electron chi connectivity index (χ1n) is 4.34. The van der Waals surface area contributed by atoms with Gasteiger partial charge in [0.15, 0.2) is 5.60 Å². The average molecular weight is 364 g/mol. The van der Waals surface area contributed by atoms with E-state index in [-0.39, 0.29) is 24.0 Å². The van der Waals surface area contributed by atoms with Crippen LogP contribution in [0.5, 0.6) is 0 Å². The summed E-state index contributed by atoms with van der Waals surface area (Å²) >= 11 is 0. The molecule has 0 spiro atoms. The third kappa shape index (κ3) is 3.79. The first kappa shape index (κ1) is 16.1. The Labute approximate surface area is 114 Å². The third-order valence-electron chi connectivity index (χ3n) is 1.93. The second-order valence-corrected chi connectivity index (χ2v) is 3.71. The van der Waals surface area contributed by atoms with Gasteiger partial charge in [0.05, 0.1) is 13.1 Å². The first-order chi connectivity index (χ1) is 7.13. The number of carbonyl (C=O) groups is 1. The van der Waals surface area contributed by atoms with Gasteiger partial charge in [-0.2, -0.15) is 13.2 Å². The van der Waals surface area contributed by atoms with Gasteiger partial charge in [-0.1, -0.05) is 0 Å². The summed E-state index contributed by atoms with van der Waals surface area (Å²) in [6.45, 7) is 7.66. The van der Waals surface area contributed by atoms with E-state index in [4.69, 9.17) is 0 Å². The molecule has 0 radical (unpaired) electrons. The molecule has 0 N–H and O–H groups in total. The van der Waals surface area contributed by atoms with Crippen LogP contribution in [0.15, 0.2) is 0 Å². The minimum Gasteiger partial charge on any atom is -0.455 e. The van der Waals surface area contributed by atoms with Crippen molar-refractivity contribution in [2.75, 3.05) is 0 Å². The lowest BCUT2D eigenvalue weighted by atomic mass is 10.1. The van der Waals surface area contributed by atoms with Crippen molar-refractivity contribution in [1.82, 2.24) is 0 Å². The Balaban J connectivity index is 0.00000256. The van der Waals surface area contributed by atoms with Gasteiger partial charge in [-0.3, -0.25) is 9.37 Å². The predicted octanol–water partition coefficient (Wildman–Crippen LogP) is 2.17. The van der Waals surface area contributed by atoms with Crippen molar-refractivity contribution >= 4 is 43.1 Å². The molecule has 1 amide bonds. The summed E-state index contributed by atoms with van der Waals surface area (Å²) in [7, 11) is 0. The Hall–Kier alpha value is -0.930. The van der Waals surface area contributed by atoms with Crippen LogP contribution in [-0.2, 0) is 4.74 Å². The first-order valence-corrected chi connectivity index (χ1v) is 4.34. The molecule has 17 heavy (non-hydrogen) atoms. The van der Waals surface area contributed by atoms with Gasteiger partial charge >= 0.3 is 12.3 Å². The minimum atomic E-state index is -4.61. The van der Waals surface area contributed by atoms with E-state index in [1.807, 2.05) is 0 Å². The molecule has 0 aromatic heterocycles. The minimum absolute atomic E-state index is 0. The van der Waals surface area contributed by atoms with Crippen molar-refractivity contribution in [3.63, 3.8) is 0 Å². The lowest BCUT2D eigenvalue weighted by Crippen LogP contribution is -2.44. The van der Waals surface area contributed by atoms with Gasteiger partial charge in [0.25, 0.3) is 6.34 Å². The molecule has 0 fully saturated rings. The van der Waals surface area contributed by atoms with Crippen molar-refractivity contribution in [3.8, 4) is 0 Å². The zero-order valence-corrected chi connectivity index (χ0v) is 11.5. The molecule has 0 unspecified atom stereocenters. The summed E-state index contributed by atoms with van der Waals surface area (Å²) < 4.78 is 43.7. The molecule has 1 heterocycles. The van der Waals surface area contributed by atoms with Crippen molar-refractivity contribution in [2.45, 2.75) is 25.6 Å². The van der Waals surface area contributed by atoms with E-state index in [1.54, 1.807) is 0 Å². The summed E-state index contributed by atoms with van der Waals surface area (Å²) in [5.74, 6) is 0. The number of nitrogens with zero attached hydrogens (tertiary/aromatic N) is 2. The van der Waals surface area contributed by atoms with E-state index in [2.05, 4.69) is 11.5 Å². The van der Waals surface area contributed by atoms with Crippen LogP contribution < -0.4 is 0 Å². The SMILES string of the molecule is C=[N+]1C=[N+](C(=O)OC(C)(C)C(F)(F)F)[CH-][CH-]1.I. The summed E-state index contributed by atoms with van der Waals surface area (Å²) in [6.07, 6.45) is -4.52. The molecule has 1 rings (SSSR count). The number of carbonyl (C=O) groups excluding carboxylic acids is 1. The molecule has 4 nitrogen and oxygen atoms in total. The van der Waals surface area contributed by atoms with Gasteiger partial charge in [0, 0.05) is 6.72 Å². The van der Waals surface area contributed by atoms with Crippen LogP contribution in [0.25, 0.3) is 0 Å². The highest BCUT2D eigenvalue weighted by molar-refractivity contribution is 14.0. The van der Waals surface area contributed by atoms with Crippen LogP contribution in [0, 0.1) is 13.1 Å². The molecule has 0 saturated carbocycles. The second kappa shape index (κ2) is 5.15. The lowest BCUT2D eigenvalue weighted by molar-refractivity contribution is -0.420. The molecule has 98 valence electrons. The Bertz CT molecular complexity index is 364. The fourth-order valence-corrected chi connectivity index (χ4v) is 0.831. The lowest BCUT2D eigenvalue weighted by Gasteiger charge is -2.27. The van der Waals surface area contributed by atoms with E-state index in [9.17, 15) is 18.0 Å². The molecule has 0 bridgehead atoms. The highest BCUT2D eigenvalue weighted by Crippen LogP contribution is 2.33. The number of amides is 1. The Morgan fingerprint density at radius 3 is 2.24 bits per heavy atom. The maximum Gasteiger partial charge on any atom is 0.490 e. The molecular weight excluding hydrogens is 352 g/mol. The zero-order chi connectivity index (χ0) is 12.6. The quantitative estimate of drug-likeness (QED) is 0.406. The van der Waals surface area contributed by atoms with E-state index in [0.717, 1.165) is 18.4 Å². The van der Waals surface area contributed by atoms with Crippen LogP contribution in [0.1, 0.15) is 13.8 Å². The Morgan fingerprint density at radius 1 is 1.35 bits per heavy atom. The molecule has 1 aliphatic rings. The van der Waals surface area contributed by atoms with Gasteiger partial charge < -0.3 is 4.74 Å². The van der Waals surface area contributed by atoms with Crippen LogP contribution in [0.3, 0.4) is 0 Å². The number of alkyl halides is 3. The zero-order valence-electron chi connectivity index (χ0n) is 9.19. The van der Waals surface area contributed by atoms with Crippen molar-refractivity contribution in [2.24, 2.45) is 0 Å². The Morgan fingerprint density at radius 2 is 1.88 bits per heavy atom. The fourth-order valence-electron chi connectivity index (χ4n) is 0.831. The van der Waals surface area contributed by atoms with Gasteiger partial charge in [-0.15, -0.1) is 24.0 Å². The maximum atomic E-state index is 12.4. The summed E-state index contributed by atoms with van der Waals surface area (Å²) in [5.41, 5.74) is -2.53. The molecule has 0 aliphatic carbocycles. The fraction of sp³-hybridized carbons (Fsp3) is 0.444. The number of hydrogen-bond acceptors (Lipinski definition) is 2. The van der Waals surface area contributed by atoms with Crippen LogP contribution in [0.4, 0.5) is 18.0 Å². The standard InChI is InChI=1S/C9H11F3N2O2.HI/c1-8(2,9(10,11)12)16-7(15)14-5-4-13(3)6-14;/h4-6H,3H2,1-2H3;1H.